The smallest absolute Gasteiger partial charge is 0.251 e. The van der Waals surface area contributed by atoms with Gasteiger partial charge in [0.15, 0.2) is 0 Å². The average molecular weight is 296 g/mol. The van der Waals surface area contributed by atoms with Gasteiger partial charge in [0, 0.05) is 12.1 Å². The molecule has 0 bridgehead atoms. The quantitative estimate of drug-likeness (QED) is 0.656. The molecule has 0 aliphatic heterocycles. The second-order valence-corrected chi connectivity index (χ2v) is 4.77. The number of amides is 1. The molecule has 0 aliphatic rings. The fourth-order valence-electron chi connectivity index (χ4n) is 1.93. The summed E-state index contributed by atoms with van der Waals surface area (Å²) >= 11 is 4.52. The molecule has 0 saturated heterocycles. The molecule has 106 valence electrons. The molecule has 0 aliphatic carbocycles. The van der Waals surface area contributed by atoms with Gasteiger partial charge in [0.2, 0.25) is 0 Å². The third-order valence-electron chi connectivity index (χ3n) is 3.09. The van der Waals surface area contributed by atoms with E-state index in [-0.39, 0.29) is 5.91 Å². The number of benzene rings is 2. The molecule has 3 nitrogen and oxygen atoms in total. The normalized spacial score (nSPS) is 9.71. The highest BCUT2D eigenvalue weighted by molar-refractivity contribution is 7.78. The number of hydrogen-bond donors (Lipinski definition) is 1. The van der Waals surface area contributed by atoms with Gasteiger partial charge in [-0.3, -0.25) is 4.79 Å². The molecule has 21 heavy (non-hydrogen) atoms. The van der Waals surface area contributed by atoms with Crippen LogP contribution in [-0.2, 0) is 13.0 Å². The SMILES string of the molecule is O=C(NCc1ccccc1)c1ccc(CCN=C=S)cc1. The first kappa shape index (κ1) is 15.1. The van der Waals surface area contributed by atoms with E-state index in [0.29, 0.717) is 18.7 Å². The van der Waals surface area contributed by atoms with Crippen molar-refractivity contribution in [2.75, 3.05) is 6.54 Å². The number of aliphatic imine (C=N–C) groups is 1. The number of nitrogens with one attached hydrogen (secondary N) is 1. The second-order valence-electron chi connectivity index (χ2n) is 4.59. The fourth-order valence-corrected chi connectivity index (χ4v) is 2.02. The summed E-state index contributed by atoms with van der Waals surface area (Å²) in [6.45, 7) is 1.16. The molecule has 0 heterocycles. The summed E-state index contributed by atoms with van der Waals surface area (Å²) in [7, 11) is 0. The molecule has 0 aromatic heterocycles. The number of hydrogen-bond acceptors (Lipinski definition) is 3. The van der Waals surface area contributed by atoms with E-state index in [1.165, 1.54) is 0 Å². The van der Waals surface area contributed by atoms with E-state index in [0.717, 1.165) is 17.5 Å². The minimum Gasteiger partial charge on any atom is -0.348 e. The number of isothiocyanates is 1. The van der Waals surface area contributed by atoms with Crippen LogP contribution in [0.4, 0.5) is 0 Å². The van der Waals surface area contributed by atoms with Crippen LogP contribution in [0.25, 0.3) is 0 Å². The lowest BCUT2D eigenvalue weighted by Crippen LogP contribution is -2.22. The van der Waals surface area contributed by atoms with Crippen LogP contribution in [0.3, 0.4) is 0 Å². The Hall–Kier alpha value is -2.29. The average Bonchev–Trinajstić information content (AvgIpc) is 2.54. The Morgan fingerprint density at radius 3 is 2.43 bits per heavy atom. The van der Waals surface area contributed by atoms with Gasteiger partial charge in [-0.25, -0.2) is 4.99 Å². The lowest BCUT2D eigenvalue weighted by Gasteiger charge is -2.06. The van der Waals surface area contributed by atoms with E-state index in [4.69, 9.17) is 0 Å². The number of rotatable bonds is 6. The van der Waals surface area contributed by atoms with Crippen molar-refractivity contribution in [2.45, 2.75) is 13.0 Å². The van der Waals surface area contributed by atoms with Crippen molar-refractivity contribution in [1.82, 2.24) is 5.32 Å². The van der Waals surface area contributed by atoms with Crippen molar-refractivity contribution in [3.8, 4) is 0 Å². The van der Waals surface area contributed by atoms with Crippen molar-refractivity contribution in [3.63, 3.8) is 0 Å². The zero-order chi connectivity index (χ0) is 14.9. The summed E-state index contributed by atoms with van der Waals surface area (Å²) in [5.41, 5.74) is 2.87. The zero-order valence-electron chi connectivity index (χ0n) is 11.6. The van der Waals surface area contributed by atoms with Crippen LogP contribution in [0.5, 0.6) is 0 Å². The second kappa shape index (κ2) is 8.10. The van der Waals surface area contributed by atoms with Gasteiger partial charge in [-0.15, -0.1) is 0 Å². The molecule has 0 spiro atoms. The van der Waals surface area contributed by atoms with E-state index < -0.39 is 0 Å². The van der Waals surface area contributed by atoms with Crippen LogP contribution >= 0.6 is 12.2 Å². The van der Waals surface area contributed by atoms with Crippen LogP contribution in [0, 0.1) is 0 Å². The molecule has 0 unspecified atom stereocenters. The molecule has 0 radical (unpaired) electrons. The summed E-state index contributed by atoms with van der Waals surface area (Å²) in [6.07, 6.45) is 0.801. The molecule has 1 N–H and O–H groups in total. The Morgan fingerprint density at radius 2 is 1.76 bits per heavy atom. The first-order chi connectivity index (χ1) is 10.3. The number of carbonyl (C=O) groups is 1. The van der Waals surface area contributed by atoms with E-state index in [9.17, 15) is 4.79 Å². The molecule has 2 aromatic carbocycles. The lowest BCUT2D eigenvalue weighted by atomic mass is 10.1. The van der Waals surface area contributed by atoms with Crippen molar-refractivity contribution < 1.29 is 4.79 Å². The van der Waals surface area contributed by atoms with E-state index >= 15 is 0 Å². The molecule has 2 aromatic rings. The van der Waals surface area contributed by atoms with Gasteiger partial charge >= 0.3 is 0 Å². The Labute approximate surface area is 129 Å². The Balaban J connectivity index is 1.89. The largest absolute Gasteiger partial charge is 0.348 e. The third kappa shape index (κ3) is 4.95. The summed E-state index contributed by atoms with van der Waals surface area (Å²) in [5, 5.41) is 5.25. The monoisotopic (exact) mass is 296 g/mol. The van der Waals surface area contributed by atoms with Crippen molar-refractivity contribution in [2.24, 2.45) is 4.99 Å². The molecular weight excluding hydrogens is 280 g/mol. The van der Waals surface area contributed by atoms with Crippen molar-refractivity contribution in [1.29, 1.82) is 0 Å². The molecule has 0 fully saturated rings. The van der Waals surface area contributed by atoms with E-state index in [1.54, 1.807) is 0 Å². The highest BCUT2D eigenvalue weighted by atomic mass is 32.1. The minimum atomic E-state index is -0.0673. The van der Waals surface area contributed by atoms with Crippen molar-refractivity contribution >= 4 is 23.3 Å². The van der Waals surface area contributed by atoms with E-state index in [1.807, 2.05) is 54.6 Å². The Bertz CT molecular complexity index is 632. The Kier molecular flexibility index (Phi) is 5.83. The van der Waals surface area contributed by atoms with Gasteiger partial charge in [0.1, 0.15) is 0 Å². The highest BCUT2D eigenvalue weighted by Gasteiger charge is 2.04. The van der Waals surface area contributed by atoms with Gasteiger partial charge in [0.05, 0.1) is 11.7 Å². The van der Waals surface area contributed by atoms with Crippen LogP contribution in [0.15, 0.2) is 59.6 Å². The molecule has 1 amide bonds. The maximum atomic E-state index is 12.0. The fraction of sp³-hybridized carbons (Fsp3) is 0.176. The summed E-state index contributed by atoms with van der Waals surface area (Å²) < 4.78 is 0. The number of carbonyl (C=O) groups excluding carboxylic acids is 1. The molecule has 4 heteroatoms. The van der Waals surface area contributed by atoms with Crippen molar-refractivity contribution in [3.05, 3.63) is 71.3 Å². The summed E-state index contributed by atoms with van der Waals surface area (Å²) in [6, 6.07) is 17.4. The van der Waals surface area contributed by atoms with Gasteiger partial charge < -0.3 is 5.32 Å². The molecular formula is C17H16N2OS. The first-order valence-corrected chi connectivity index (χ1v) is 7.15. The van der Waals surface area contributed by atoms with Gasteiger partial charge in [0.25, 0.3) is 5.91 Å². The number of nitrogens with zero attached hydrogens (tertiary/aromatic N) is 1. The van der Waals surface area contributed by atoms with Gasteiger partial charge in [-0.1, -0.05) is 42.5 Å². The topological polar surface area (TPSA) is 41.5 Å². The zero-order valence-corrected chi connectivity index (χ0v) is 12.4. The standard InChI is InChI=1S/C17H16N2OS/c20-17(19-12-15-4-2-1-3-5-15)16-8-6-14(7-9-16)10-11-18-13-21/h1-9H,10-12H2,(H,19,20). The van der Waals surface area contributed by atoms with Crippen LogP contribution < -0.4 is 5.32 Å². The minimum absolute atomic E-state index is 0.0673. The first-order valence-electron chi connectivity index (χ1n) is 6.74. The van der Waals surface area contributed by atoms with Crippen LogP contribution in [-0.4, -0.2) is 17.6 Å². The third-order valence-corrected chi connectivity index (χ3v) is 3.22. The lowest BCUT2D eigenvalue weighted by molar-refractivity contribution is 0.0951. The predicted octanol–water partition coefficient (Wildman–Crippen LogP) is 3.26. The van der Waals surface area contributed by atoms with Gasteiger partial charge in [-0.05, 0) is 41.9 Å². The van der Waals surface area contributed by atoms with Crippen LogP contribution in [0.1, 0.15) is 21.5 Å². The van der Waals surface area contributed by atoms with Gasteiger partial charge in [-0.2, -0.15) is 0 Å². The maximum absolute atomic E-state index is 12.0. The molecule has 0 atom stereocenters. The van der Waals surface area contributed by atoms with E-state index in [2.05, 4.69) is 27.7 Å². The summed E-state index contributed by atoms with van der Waals surface area (Å²) in [4.78, 5) is 15.9. The Morgan fingerprint density at radius 1 is 1.05 bits per heavy atom. The maximum Gasteiger partial charge on any atom is 0.251 e. The number of thiocarbonyl (C=S) groups is 1. The van der Waals surface area contributed by atoms with Crippen LogP contribution in [0.2, 0.25) is 0 Å². The predicted molar refractivity (Wildman–Crippen MR) is 87.7 cm³/mol. The highest BCUT2D eigenvalue weighted by Crippen LogP contribution is 2.06. The summed E-state index contributed by atoms with van der Waals surface area (Å²) in [5.74, 6) is -0.0673. The molecule has 2 rings (SSSR count). The molecule has 0 saturated carbocycles.